The molecule has 0 amide bonds. The van der Waals surface area contributed by atoms with Crippen LogP contribution in [0.2, 0.25) is 0 Å². The first-order valence-electron chi connectivity index (χ1n) is 38.3. The first-order chi connectivity index (χ1) is 52.5. The van der Waals surface area contributed by atoms with Crippen molar-refractivity contribution in [3.8, 4) is 83.6 Å². The van der Waals surface area contributed by atoms with Gasteiger partial charge in [0.1, 0.15) is 0 Å². The van der Waals surface area contributed by atoms with Gasteiger partial charge in [0, 0.05) is 61.5 Å². The molecule has 0 radical (unpaired) electrons. The summed E-state index contributed by atoms with van der Waals surface area (Å²) in [5.74, 6) is 0. The highest BCUT2D eigenvalue weighted by Crippen LogP contribution is 2.57. The second-order valence-corrected chi connectivity index (χ2v) is 33.2. The molecule has 18 aromatic rings. The lowest BCUT2D eigenvalue weighted by atomic mass is 9.33. The van der Waals surface area contributed by atoms with Crippen LogP contribution < -0.4 is 26.2 Å². The van der Waals surface area contributed by atoms with E-state index in [0.29, 0.717) is 0 Å². The van der Waals surface area contributed by atoms with Crippen LogP contribution in [0.25, 0.3) is 138 Å². The van der Waals surface area contributed by atoms with Crippen LogP contribution in [0.4, 0.5) is 34.1 Å². The molecule has 108 heavy (non-hydrogen) atoms. The molecule has 516 valence electrons. The number of benzene rings is 17. The van der Waals surface area contributed by atoms with Gasteiger partial charge in [-0.05, 0) is 204 Å². The normalized spacial score (nSPS) is 13.0. The molecule has 0 unspecified atom stereocenters. The second kappa shape index (κ2) is 24.5. The molecule has 0 spiro atoms. The molecular weight excluding hydrogens is 1300 g/mol. The van der Waals surface area contributed by atoms with Crippen LogP contribution in [0, 0.1) is 0 Å². The van der Waals surface area contributed by atoms with E-state index in [4.69, 9.17) is 0 Å². The highest BCUT2D eigenvalue weighted by molar-refractivity contribution is 7.00. The van der Waals surface area contributed by atoms with E-state index in [1.54, 1.807) is 0 Å². The highest BCUT2D eigenvalue weighted by Gasteiger charge is 2.47. The molecule has 0 saturated heterocycles. The molecule has 0 aliphatic carbocycles. The Morgan fingerprint density at radius 1 is 0.241 bits per heavy atom. The summed E-state index contributed by atoms with van der Waals surface area (Å²) in [6.45, 7) is 21.1. The minimum atomic E-state index is -0.338. The SMILES string of the molecule is CC(C)(C)c1cc(-c2ccc3c(c2)B2c4ccc(-n5c6ccc7cccc8c9cccc%10ccc5c(c%109)c6c78)cc4N(c4c(-c5ccccc5)cc(-c5ccccc5)cc4-c4ccccc4)c4cc(C(C)(C)C)cc(c42)N3c2c(-c3ccccc3)cc(-c3ccccc3)cc2-c2ccccc2)cc(C(C)(C)C)c1. The van der Waals surface area contributed by atoms with Crippen molar-refractivity contribution in [2.75, 3.05) is 9.80 Å². The maximum atomic E-state index is 2.75. The zero-order chi connectivity index (χ0) is 73.1. The Morgan fingerprint density at radius 2 is 0.620 bits per heavy atom. The van der Waals surface area contributed by atoms with Gasteiger partial charge in [0.15, 0.2) is 0 Å². The summed E-state index contributed by atoms with van der Waals surface area (Å²) in [6.07, 6.45) is 0. The molecule has 0 atom stereocenters. The number of rotatable bonds is 10. The topological polar surface area (TPSA) is 11.4 Å². The van der Waals surface area contributed by atoms with Gasteiger partial charge in [-0.1, -0.05) is 329 Å². The fourth-order valence-corrected chi connectivity index (χ4v) is 18.0. The molecule has 0 bridgehead atoms. The van der Waals surface area contributed by atoms with Crippen LogP contribution in [0.15, 0.2) is 334 Å². The summed E-state index contributed by atoms with van der Waals surface area (Å²) in [4.78, 5) is 5.47. The van der Waals surface area contributed by atoms with E-state index in [2.05, 4.69) is 410 Å². The van der Waals surface area contributed by atoms with Crippen molar-refractivity contribution in [3.05, 3.63) is 350 Å². The molecule has 17 aromatic carbocycles. The van der Waals surface area contributed by atoms with Crippen LogP contribution in [0.1, 0.15) is 79.0 Å². The summed E-state index contributed by atoms with van der Waals surface area (Å²) < 4.78 is 2.60. The molecule has 2 aliphatic heterocycles. The first-order valence-corrected chi connectivity index (χ1v) is 38.3. The van der Waals surface area contributed by atoms with Gasteiger partial charge < -0.3 is 14.4 Å². The quantitative estimate of drug-likeness (QED) is 0.0768. The molecular formula is C104H82BN3. The lowest BCUT2D eigenvalue weighted by Crippen LogP contribution is -2.61. The van der Waals surface area contributed by atoms with Crippen LogP contribution in [0.3, 0.4) is 0 Å². The Kier molecular flexibility index (Phi) is 14.8. The Hall–Kier alpha value is -12.5. The third-order valence-corrected chi connectivity index (χ3v) is 23.5. The number of nitrogens with zero attached hydrogens (tertiary/aromatic N) is 3. The number of fused-ring (bicyclic) bond motifs is 5. The van der Waals surface area contributed by atoms with Gasteiger partial charge in [-0.15, -0.1) is 0 Å². The number of hydrogen-bond donors (Lipinski definition) is 0. The zero-order valence-corrected chi connectivity index (χ0v) is 62.7. The standard InChI is InChI=1S/C104H82BN3/c1-102(2,3)77-54-74(55-78(61-77)103(4,5)6)73-48-51-89-88(60-73)105-87-50-49-80(106-90-52-46-71-42-28-44-81-82-45-29-43-72-47-53-91(106)98(96(72)82)97(90)95(71)81)64-92(87)108(101-85(69-38-24-14-25-39-69)58-76(66-32-18-11-19-33-66)59-86(101)70-40-26-15-27-41-70)94-63-79(104(7,8)9)62-93(99(94)105)107(89)100-83(67-34-20-12-21-35-67)56-75(65-30-16-10-17-31-65)57-84(100)68-36-22-13-23-37-68/h10-64H,1-9H3. The lowest BCUT2D eigenvalue weighted by molar-refractivity contribution is 0.569. The van der Waals surface area contributed by atoms with E-state index in [0.717, 1.165) is 101 Å². The second-order valence-electron chi connectivity index (χ2n) is 33.2. The summed E-state index contributed by atoms with van der Waals surface area (Å²) in [5.41, 5.74) is 33.6. The smallest absolute Gasteiger partial charge is 0.252 e. The van der Waals surface area contributed by atoms with Crippen molar-refractivity contribution in [1.82, 2.24) is 4.57 Å². The Bertz CT molecular complexity index is 6320. The third-order valence-electron chi connectivity index (χ3n) is 23.5. The molecule has 2 aliphatic rings. The molecule has 0 fully saturated rings. The Balaban J connectivity index is 0.971. The number of aromatic nitrogens is 1. The highest BCUT2D eigenvalue weighted by atomic mass is 15.2. The molecule has 3 nitrogen and oxygen atoms in total. The van der Waals surface area contributed by atoms with Crippen molar-refractivity contribution >= 4 is 111 Å². The van der Waals surface area contributed by atoms with E-state index >= 15 is 0 Å². The fourth-order valence-electron chi connectivity index (χ4n) is 18.0. The predicted octanol–water partition coefficient (Wildman–Crippen LogP) is 26.8. The van der Waals surface area contributed by atoms with Crippen LogP contribution in [-0.2, 0) is 16.2 Å². The largest absolute Gasteiger partial charge is 0.310 e. The summed E-state index contributed by atoms with van der Waals surface area (Å²) in [7, 11) is 0. The molecule has 3 heterocycles. The van der Waals surface area contributed by atoms with Crippen LogP contribution in [0.5, 0.6) is 0 Å². The summed E-state index contributed by atoms with van der Waals surface area (Å²) in [6, 6.07) is 128. The molecule has 4 heteroatoms. The maximum absolute atomic E-state index is 2.75. The van der Waals surface area contributed by atoms with Crippen molar-refractivity contribution in [3.63, 3.8) is 0 Å². The van der Waals surface area contributed by atoms with E-state index in [-0.39, 0.29) is 23.0 Å². The van der Waals surface area contributed by atoms with Gasteiger partial charge >= 0.3 is 0 Å². The number of hydrogen-bond acceptors (Lipinski definition) is 2. The Labute approximate surface area is 634 Å². The van der Waals surface area contributed by atoms with Crippen molar-refractivity contribution < 1.29 is 0 Å². The third kappa shape index (κ3) is 10.4. The van der Waals surface area contributed by atoms with Gasteiger partial charge in [0.25, 0.3) is 6.71 Å². The van der Waals surface area contributed by atoms with Crippen molar-refractivity contribution in [2.45, 2.75) is 78.6 Å². The first kappa shape index (κ1) is 65.1. The van der Waals surface area contributed by atoms with Gasteiger partial charge in [-0.2, -0.15) is 0 Å². The molecule has 20 rings (SSSR count). The summed E-state index contributed by atoms with van der Waals surface area (Å²) in [5, 5.41) is 10.4. The van der Waals surface area contributed by atoms with Gasteiger partial charge in [-0.3, -0.25) is 0 Å². The van der Waals surface area contributed by atoms with E-state index in [1.807, 2.05) is 0 Å². The fraction of sp³-hybridized carbons (Fsp3) is 0.115. The van der Waals surface area contributed by atoms with Gasteiger partial charge in [0.2, 0.25) is 0 Å². The van der Waals surface area contributed by atoms with Gasteiger partial charge in [-0.25, -0.2) is 0 Å². The average molecular weight is 1380 g/mol. The number of anilines is 6. The molecule has 0 N–H and O–H groups in total. The van der Waals surface area contributed by atoms with Crippen molar-refractivity contribution in [2.24, 2.45) is 0 Å². The lowest BCUT2D eigenvalue weighted by Gasteiger charge is -2.46. The van der Waals surface area contributed by atoms with E-state index < -0.39 is 0 Å². The van der Waals surface area contributed by atoms with E-state index in [9.17, 15) is 0 Å². The maximum Gasteiger partial charge on any atom is 0.252 e. The Morgan fingerprint density at radius 3 is 1.03 bits per heavy atom. The minimum absolute atomic E-state index is 0.105. The summed E-state index contributed by atoms with van der Waals surface area (Å²) >= 11 is 0. The van der Waals surface area contributed by atoms with Crippen LogP contribution in [-0.4, -0.2) is 11.3 Å². The average Bonchev–Trinajstić information content (AvgIpc) is 1.22. The van der Waals surface area contributed by atoms with Gasteiger partial charge in [0.05, 0.1) is 22.4 Å². The molecule has 0 saturated carbocycles. The van der Waals surface area contributed by atoms with Crippen LogP contribution >= 0.6 is 0 Å². The van der Waals surface area contributed by atoms with Crippen molar-refractivity contribution in [1.29, 1.82) is 0 Å². The zero-order valence-electron chi connectivity index (χ0n) is 62.7. The predicted molar refractivity (Wildman–Crippen MR) is 464 cm³/mol. The monoisotopic (exact) mass is 1380 g/mol. The van der Waals surface area contributed by atoms with E-state index in [1.165, 1.54) is 104 Å². The minimum Gasteiger partial charge on any atom is -0.310 e. The molecule has 1 aromatic heterocycles.